The minimum atomic E-state index is -0.305. The van der Waals surface area contributed by atoms with Crippen LogP contribution in [0.2, 0.25) is 0 Å². The number of hydrogen-bond donors (Lipinski definition) is 1. The molecule has 1 N–H and O–H groups in total. The second-order valence-corrected chi connectivity index (χ2v) is 5.69. The van der Waals surface area contributed by atoms with E-state index < -0.39 is 0 Å². The highest BCUT2D eigenvalue weighted by atomic mass is 79.9. The molecule has 0 fully saturated rings. The first-order valence-electron chi connectivity index (χ1n) is 7.08. The van der Waals surface area contributed by atoms with E-state index in [-0.39, 0.29) is 12.5 Å². The molecule has 0 heterocycles. The molecule has 2 rings (SSSR count). The molecular weight excluding hydrogens is 356 g/mol. The van der Waals surface area contributed by atoms with Gasteiger partial charge in [-0.3, -0.25) is 4.79 Å². The first-order chi connectivity index (χ1) is 11.1. The van der Waals surface area contributed by atoms with Crippen molar-refractivity contribution < 1.29 is 9.53 Å². The molecule has 23 heavy (non-hydrogen) atoms. The average molecular weight is 373 g/mol. The number of rotatable bonds is 6. The Labute approximate surface area is 144 Å². The third-order valence-corrected chi connectivity index (χ3v) is 3.39. The van der Waals surface area contributed by atoms with Gasteiger partial charge in [-0.15, -0.1) is 0 Å². The zero-order chi connectivity index (χ0) is 16.5. The number of carbonyl (C=O) groups excluding carboxylic acids is 1. The minimum Gasteiger partial charge on any atom is -0.484 e. The predicted molar refractivity (Wildman–Crippen MR) is 96.4 cm³/mol. The van der Waals surface area contributed by atoms with Crippen LogP contribution in [0, 0.1) is 0 Å². The molecule has 0 atom stereocenters. The van der Waals surface area contributed by atoms with Crippen LogP contribution in [0.5, 0.6) is 5.75 Å². The van der Waals surface area contributed by atoms with Gasteiger partial charge in [0.1, 0.15) is 5.75 Å². The van der Waals surface area contributed by atoms with Crippen molar-refractivity contribution in [1.82, 2.24) is 5.43 Å². The monoisotopic (exact) mass is 372 g/mol. The molecule has 0 saturated heterocycles. The number of halogens is 1. The van der Waals surface area contributed by atoms with Gasteiger partial charge < -0.3 is 4.74 Å². The number of hydrazone groups is 1. The molecule has 4 nitrogen and oxygen atoms in total. The first kappa shape index (κ1) is 17.0. The molecule has 118 valence electrons. The fourth-order valence-corrected chi connectivity index (χ4v) is 1.95. The number of ether oxygens (including phenoxy) is 1. The molecule has 0 aliphatic rings. The Kier molecular flexibility index (Phi) is 6.56. The van der Waals surface area contributed by atoms with Crippen molar-refractivity contribution in [2.45, 2.75) is 6.92 Å². The third-order valence-electron chi connectivity index (χ3n) is 2.86. The average Bonchev–Trinajstić information content (AvgIpc) is 2.58. The Morgan fingerprint density at radius 3 is 2.57 bits per heavy atom. The van der Waals surface area contributed by atoms with E-state index in [2.05, 4.69) is 26.5 Å². The van der Waals surface area contributed by atoms with E-state index >= 15 is 0 Å². The van der Waals surface area contributed by atoms with Crippen LogP contribution in [0.25, 0.3) is 6.08 Å². The van der Waals surface area contributed by atoms with Gasteiger partial charge in [-0.1, -0.05) is 52.3 Å². The van der Waals surface area contributed by atoms with Crippen molar-refractivity contribution in [3.63, 3.8) is 0 Å². The third kappa shape index (κ3) is 6.48. The summed E-state index contributed by atoms with van der Waals surface area (Å²) in [7, 11) is 0. The predicted octanol–water partition coefficient (Wildman–Crippen LogP) is 4.03. The molecule has 0 spiro atoms. The normalized spacial score (nSPS) is 11.5. The molecule has 0 aliphatic carbocycles. The van der Waals surface area contributed by atoms with E-state index in [4.69, 9.17) is 4.74 Å². The minimum absolute atomic E-state index is 0.0825. The van der Waals surface area contributed by atoms with Crippen molar-refractivity contribution in [3.8, 4) is 5.75 Å². The highest BCUT2D eigenvalue weighted by molar-refractivity contribution is 9.10. The molecule has 0 aromatic heterocycles. The van der Waals surface area contributed by atoms with Crippen molar-refractivity contribution in [2.24, 2.45) is 5.10 Å². The van der Waals surface area contributed by atoms with E-state index in [1.807, 2.05) is 61.5 Å². The Hall–Kier alpha value is -2.40. The summed E-state index contributed by atoms with van der Waals surface area (Å²) in [4.78, 5) is 11.7. The summed E-state index contributed by atoms with van der Waals surface area (Å²) in [5, 5.41) is 4.01. The summed E-state index contributed by atoms with van der Waals surface area (Å²) < 4.78 is 6.32. The lowest BCUT2D eigenvalue weighted by molar-refractivity contribution is -0.123. The summed E-state index contributed by atoms with van der Waals surface area (Å²) >= 11 is 3.34. The van der Waals surface area contributed by atoms with Crippen LogP contribution in [0.1, 0.15) is 12.5 Å². The molecule has 0 radical (unpaired) electrons. The van der Waals surface area contributed by atoms with Gasteiger partial charge in [0.15, 0.2) is 6.61 Å². The van der Waals surface area contributed by atoms with Crippen LogP contribution in [-0.4, -0.2) is 18.2 Å². The smallest absolute Gasteiger partial charge is 0.277 e. The van der Waals surface area contributed by atoms with Crippen LogP contribution in [-0.2, 0) is 4.79 Å². The lowest BCUT2D eigenvalue weighted by Gasteiger charge is -2.05. The number of nitrogens with zero attached hydrogens (tertiary/aromatic N) is 1. The molecule has 1 amide bonds. The number of carbonyl (C=O) groups is 1. The molecule has 2 aromatic rings. The van der Waals surface area contributed by atoms with Crippen molar-refractivity contribution in [3.05, 3.63) is 70.7 Å². The summed E-state index contributed by atoms with van der Waals surface area (Å²) in [5.74, 6) is 0.327. The Morgan fingerprint density at radius 1 is 1.17 bits per heavy atom. The molecule has 0 unspecified atom stereocenters. The SMILES string of the molecule is CC(C=Cc1ccccc1)=NNC(=O)COc1ccc(Br)cc1. The number of allylic oxidation sites excluding steroid dienone is 1. The largest absolute Gasteiger partial charge is 0.484 e. The molecule has 2 aromatic carbocycles. The molecular formula is C18H17BrN2O2. The number of nitrogens with one attached hydrogen (secondary N) is 1. The maximum absolute atomic E-state index is 11.7. The van der Waals surface area contributed by atoms with Crippen LogP contribution >= 0.6 is 15.9 Å². The van der Waals surface area contributed by atoms with Gasteiger partial charge in [-0.25, -0.2) is 5.43 Å². The Bertz CT molecular complexity index is 695. The van der Waals surface area contributed by atoms with Crippen LogP contribution in [0.3, 0.4) is 0 Å². The van der Waals surface area contributed by atoms with E-state index in [9.17, 15) is 4.79 Å². The summed E-state index contributed by atoms with van der Waals surface area (Å²) in [6.45, 7) is 1.73. The maximum atomic E-state index is 11.7. The molecule has 0 aliphatic heterocycles. The topological polar surface area (TPSA) is 50.7 Å². The van der Waals surface area contributed by atoms with Gasteiger partial charge in [0.05, 0.1) is 5.71 Å². The highest BCUT2D eigenvalue weighted by Gasteiger charge is 2.01. The quantitative estimate of drug-likeness (QED) is 0.614. The van der Waals surface area contributed by atoms with Crippen molar-refractivity contribution >= 4 is 33.6 Å². The zero-order valence-corrected chi connectivity index (χ0v) is 14.3. The van der Waals surface area contributed by atoms with Crippen LogP contribution < -0.4 is 10.2 Å². The van der Waals surface area contributed by atoms with E-state index in [1.165, 1.54) is 0 Å². The fraction of sp³-hybridized carbons (Fsp3) is 0.111. The lowest BCUT2D eigenvalue weighted by Crippen LogP contribution is -2.25. The van der Waals surface area contributed by atoms with Gasteiger partial charge >= 0.3 is 0 Å². The van der Waals surface area contributed by atoms with Crippen molar-refractivity contribution in [1.29, 1.82) is 0 Å². The first-order valence-corrected chi connectivity index (χ1v) is 7.87. The second-order valence-electron chi connectivity index (χ2n) is 4.77. The number of benzene rings is 2. The van der Waals surface area contributed by atoms with E-state index in [1.54, 1.807) is 12.1 Å². The van der Waals surface area contributed by atoms with Gasteiger partial charge in [0, 0.05) is 4.47 Å². The van der Waals surface area contributed by atoms with Gasteiger partial charge in [0.2, 0.25) is 0 Å². The molecule has 0 saturated carbocycles. The second kappa shape index (κ2) is 8.90. The lowest BCUT2D eigenvalue weighted by atomic mass is 10.2. The number of hydrogen-bond acceptors (Lipinski definition) is 3. The molecule has 5 heteroatoms. The summed E-state index contributed by atoms with van der Waals surface area (Å²) in [5.41, 5.74) is 4.24. The van der Waals surface area contributed by atoms with E-state index in [0.717, 1.165) is 10.0 Å². The Balaban J connectivity index is 1.78. The maximum Gasteiger partial charge on any atom is 0.277 e. The molecule has 0 bridgehead atoms. The fourth-order valence-electron chi connectivity index (χ4n) is 1.68. The Morgan fingerprint density at radius 2 is 1.87 bits per heavy atom. The summed E-state index contributed by atoms with van der Waals surface area (Å²) in [6.07, 6.45) is 3.77. The van der Waals surface area contributed by atoms with E-state index in [0.29, 0.717) is 11.5 Å². The highest BCUT2D eigenvalue weighted by Crippen LogP contribution is 2.15. The zero-order valence-electron chi connectivity index (χ0n) is 12.7. The van der Waals surface area contributed by atoms with Gasteiger partial charge in [0.25, 0.3) is 5.91 Å². The van der Waals surface area contributed by atoms with Crippen LogP contribution in [0.4, 0.5) is 0 Å². The summed E-state index contributed by atoms with van der Waals surface area (Å²) in [6, 6.07) is 17.2. The standard InChI is InChI=1S/C18H17BrN2O2/c1-14(7-8-15-5-3-2-4-6-15)20-21-18(22)13-23-17-11-9-16(19)10-12-17/h2-12H,13H2,1H3,(H,21,22). The number of amides is 1. The van der Waals surface area contributed by atoms with Crippen LogP contribution in [0.15, 0.2) is 70.2 Å². The van der Waals surface area contributed by atoms with Gasteiger partial charge in [-0.2, -0.15) is 5.10 Å². The van der Waals surface area contributed by atoms with Crippen molar-refractivity contribution in [2.75, 3.05) is 6.61 Å². The van der Waals surface area contributed by atoms with Gasteiger partial charge in [-0.05, 0) is 42.8 Å².